The SMILES string of the molecule is CCOC(=O)C1=C(CSc2nnnn2C)NC(=O)NC1c1ccccc1C. The van der Waals surface area contributed by atoms with Crippen molar-refractivity contribution in [1.82, 2.24) is 30.8 Å². The number of amides is 2. The van der Waals surface area contributed by atoms with Gasteiger partial charge in [-0.1, -0.05) is 36.0 Å². The van der Waals surface area contributed by atoms with E-state index in [4.69, 9.17) is 4.74 Å². The predicted molar refractivity (Wildman–Crippen MR) is 98.8 cm³/mol. The molecule has 0 spiro atoms. The van der Waals surface area contributed by atoms with Crippen molar-refractivity contribution in [2.75, 3.05) is 12.4 Å². The zero-order valence-corrected chi connectivity index (χ0v) is 16.0. The Balaban J connectivity index is 2.00. The van der Waals surface area contributed by atoms with Crippen molar-refractivity contribution in [1.29, 1.82) is 0 Å². The normalized spacial score (nSPS) is 16.7. The van der Waals surface area contributed by atoms with Crippen LogP contribution in [0.2, 0.25) is 0 Å². The summed E-state index contributed by atoms with van der Waals surface area (Å²) in [5.41, 5.74) is 2.68. The third kappa shape index (κ3) is 4.11. The minimum atomic E-state index is -0.591. The number of hydrogen-bond acceptors (Lipinski definition) is 7. The number of thioether (sulfide) groups is 1. The fraction of sp³-hybridized carbons (Fsp3) is 0.353. The van der Waals surface area contributed by atoms with Crippen molar-refractivity contribution in [3.05, 3.63) is 46.7 Å². The lowest BCUT2D eigenvalue weighted by molar-refractivity contribution is -0.139. The first-order valence-corrected chi connectivity index (χ1v) is 9.38. The van der Waals surface area contributed by atoms with Crippen LogP contribution in [0, 0.1) is 6.92 Å². The number of nitrogens with one attached hydrogen (secondary N) is 2. The monoisotopic (exact) mass is 388 g/mol. The minimum absolute atomic E-state index is 0.240. The van der Waals surface area contributed by atoms with E-state index in [0.29, 0.717) is 22.2 Å². The fourth-order valence-corrected chi connectivity index (χ4v) is 3.62. The van der Waals surface area contributed by atoms with Gasteiger partial charge in [0, 0.05) is 18.5 Å². The predicted octanol–water partition coefficient (Wildman–Crippen LogP) is 1.48. The lowest BCUT2D eigenvalue weighted by Gasteiger charge is -2.30. The highest BCUT2D eigenvalue weighted by Gasteiger charge is 2.34. The molecule has 3 rings (SSSR count). The minimum Gasteiger partial charge on any atom is -0.463 e. The van der Waals surface area contributed by atoms with E-state index in [1.54, 1.807) is 14.0 Å². The number of benzene rings is 1. The van der Waals surface area contributed by atoms with Crippen LogP contribution < -0.4 is 10.6 Å². The van der Waals surface area contributed by atoms with Gasteiger partial charge < -0.3 is 15.4 Å². The lowest BCUT2D eigenvalue weighted by atomic mass is 9.92. The van der Waals surface area contributed by atoms with Gasteiger partial charge in [-0.2, -0.15) is 0 Å². The number of tetrazole rings is 1. The van der Waals surface area contributed by atoms with Gasteiger partial charge in [-0.3, -0.25) is 0 Å². The Kier molecular flexibility index (Phi) is 5.75. The molecule has 0 saturated carbocycles. The average Bonchev–Trinajstić information content (AvgIpc) is 3.05. The number of carbonyl (C=O) groups is 2. The maximum atomic E-state index is 12.7. The van der Waals surface area contributed by atoms with Crippen molar-refractivity contribution < 1.29 is 14.3 Å². The molecular formula is C17H20N6O3S. The second-order valence-electron chi connectivity index (χ2n) is 5.87. The van der Waals surface area contributed by atoms with Crippen LogP contribution in [0.5, 0.6) is 0 Å². The molecule has 2 heterocycles. The Morgan fingerprint density at radius 2 is 2.15 bits per heavy atom. The first kappa shape index (κ1) is 18.9. The van der Waals surface area contributed by atoms with E-state index >= 15 is 0 Å². The van der Waals surface area contributed by atoms with Gasteiger partial charge in [-0.25, -0.2) is 14.3 Å². The van der Waals surface area contributed by atoms with Gasteiger partial charge in [-0.05, 0) is 35.4 Å². The van der Waals surface area contributed by atoms with Crippen LogP contribution in [0.25, 0.3) is 0 Å². The maximum Gasteiger partial charge on any atom is 0.338 e. The molecule has 0 fully saturated rings. The number of aromatic nitrogens is 4. The third-order valence-corrected chi connectivity index (χ3v) is 5.11. The van der Waals surface area contributed by atoms with Crippen LogP contribution >= 0.6 is 11.8 Å². The Morgan fingerprint density at radius 3 is 2.81 bits per heavy atom. The molecule has 10 heteroatoms. The van der Waals surface area contributed by atoms with Crippen LogP contribution in [-0.4, -0.2) is 44.6 Å². The molecule has 0 saturated heterocycles. The van der Waals surface area contributed by atoms with E-state index in [2.05, 4.69) is 26.2 Å². The number of rotatable bonds is 6. The lowest BCUT2D eigenvalue weighted by Crippen LogP contribution is -2.46. The number of carbonyl (C=O) groups excluding carboxylic acids is 2. The molecule has 0 radical (unpaired) electrons. The number of aryl methyl sites for hydroxylation is 2. The summed E-state index contributed by atoms with van der Waals surface area (Å²) < 4.78 is 6.78. The second-order valence-corrected chi connectivity index (χ2v) is 6.82. The molecule has 1 aliphatic rings. The largest absolute Gasteiger partial charge is 0.463 e. The van der Waals surface area contributed by atoms with Gasteiger partial charge in [0.1, 0.15) is 0 Å². The molecule has 2 N–H and O–H groups in total. The molecule has 1 aromatic heterocycles. The molecule has 1 aliphatic heterocycles. The van der Waals surface area contributed by atoms with Crippen LogP contribution in [0.1, 0.15) is 24.1 Å². The summed E-state index contributed by atoms with van der Waals surface area (Å²) in [5.74, 6) is -0.150. The molecule has 27 heavy (non-hydrogen) atoms. The van der Waals surface area contributed by atoms with Crippen molar-refractivity contribution in [3.8, 4) is 0 Å². The molecule has 1 atom stereocenters. The topological polar surface area (TPSA) is 111 Å². The number of ether oxygens (including phenoxy) is 1. The third-order valence-electron chi connectivity index (χ3n) is 4.08. The summed E-state index contributed by atoms with van der Waals surface area (Å²) in [6, 6.07) is 6.65. The fourth-order valence-electron chi connectivity index (χ4n) is 2.81. The molecular weight excluding hydrogens is 368 g/mol. The molecule has 0 aliphatic carbocycles. The smallest absolute Gasteiger partial charge is 0.338 e. The number of nitrogens with zero attached hydrogens (tertiary/aromatic N) is 4. The number of esters is 1. The molecule has 1 unspecified atom stereocenters. The van der Waals surface area contributed by atoms with E-state index in [-0.39, 0.29) is 12.6 Å². The van der Waals surface area contributed by atoms with E-state index < -0.39 is 12.0 Å². The number of urea groups is 1. The zero-order chi connectivity index (χ0) is 19.4. The summed E-state index contributed by atoms with van der Waals surface area (Å²) >= 11 is 1.32. The zero-order valence-electron chi connectivity index (χ0n) is 15.2. The summed E-state index contributed by atoms with van der Waals surface area (Å²) in [7, 11) is 1.72. The van der Waals surface area contributed by atoms with Crippen LogP contribution in [-0.2, 0) is 16.6 Å². The molecule has 0 bridgehead atoms. The summed E-state index contributed by atoms with van der Waals surface area (Å²) in [5, 5.41) is 17.4. The molecule has 2 aromatic rings. The number of hydrogen-bond donors (Lipinski definition) is 2. The highest BCUT2D eigenvalue weighted by atomic mass is 32.2. The Morgan fingerprint density at radius 1 is 1.37 bits per heavy atom. The Hall–Kier alpha value is -2.88. The van der Waals surface area contributed by atoms with Crippen LogP contribution in [0.4, 0.5) is 4.79 Å². The van der Waals surface area contributed by atoms with Crippen molar-refractivity contribution in [3.63, 3.8) is 0 Å². The van der Waals surface area contributed by atoms with Crippen LogP contribution in [0.3, 0.4) is 0 Å². The van der Waals surface area contributed by atoms with Crippen molar-refractivity contribution >= 4 is 23.8 Å². The van der Waals surface area contributed by atoms with E-state index in [0.717, 1.165) is 11.1 Å². The van der Waals surface area contributed by atoms with Gasteiger partial charge >= 0.3 is 12.0 Å². The summed E-state index contributed by atoms with van der Waals surface area (Å²) in [4.78, 5) is 25.0. The quantitative estimate of drug-likeness (QED) is 0.569. The summed E-state index contributed by atoms with van der Waals surface area (Å²) in [6.45, 7) is 3.92. The molecule has 1 aromatic carbocycles. The Labute approximate surface area is 160 Å². The molecule has 9 nitrogen and oxygen atoms in total. The van der Waals surface area contributed by atoms with Gasteiger partial charge in [0.05, 0.1) is 18.2 Å². The first-order valence-electron chi connectivity index (χ1n) is 8.39. The highest BCUT2D eigenvalue weighted by molar-refractivity contribution is 7.99. The van der Waals surface area contributed by atoms with Crippen LogP contribution in [0.15, 0.2) is 40.7 Å². The Bertz CT molecular complexity index is 894. The van der Waals surface area contributed by atoms with Gasteiger partial charge in [0.15, 0.2) is 0 Å². The maximum absolute atomic E-state index is 12.7. The molecule has 2 amide bonds. The highest BCUT2D eigenvalue weighted by Crippen LogP contribution is 2.31. The van der Waals surface area contributed by atoms with Gasteiger partial charge in [0.25, 0.3) is 0 Å². The first-order chi connectivity index (χ1) is 13.0. The van der Waals surface area contributed by atoms with E-state index in [9.17, 15) is 9.59 Å². The van der Waals surface area contributed by atoms with E-state index in [1.165, 1.54) is 16.4 Å². The van der Waals surface area contributed by atoms with Crippen molar-refractivity contribution in [2.45, 2.75) is 25.0 Å². The standard InChI is InChI=1S/C17H20N6O3S/c1-4-26-15(24)13-12(9-27-17-20-21-22-23(17)3)18-16(25)19-14(13)11-8-6-5-7-10(11)2/h5-8,14H,4,9H2,1-3H3,(H2,18,19,25). The van der Waals surface area contributed by atoms with Gasteiger partial charge in [0.2, 0.25) is 5.16 Å². The van der Waals surface area contributed by atoms with E-state index in [1.807, 2.05) is 31.2 Å². The molecule has 142 valence electrons. The van der Waals surface area contributed by atoms with Crippen molar-refractivity contribution in [2.24, 2.45) is 7.05 Å². The second kappa shape index (κ2) is 8.21. The average molecular weight is 388 g/mol. The summed E-state index contributed by atoms with van der Waals surface area (Å²) in [6.07, 6.45) is 0. The van der Waals surface area contributed by atoms with Gasteiger partial charge in [-0.15, -0.1) is 5.10 Å².